The second kappa shape index (κ2) is 7.28. The van der Waals surface area contributed by atoms with Crippen molar-refractivity contribution in [3.8, 4) is 0 Å². The van der Waals surface area contributed by atoms with Gasteiger partial charge in [0, 0.05) is 19.3 Å². The van der Waals surface area contributed by atoms with E-state index < -0.39 is 11.9 Å². The molecule has 128 valence electrons. The molecule has 3 rings (SSSR count). The lowest BCUT2D eigenvalue weighted by Gasteiger charge is -2.24. The van der Waals surface area contributed by atoms with Crippen molar-refractivity contribution in [3.05, 3.63) is 35.9 Å². The summed E-state index contributed by atoms with van der Waals surface area (Å²) in [5.41, 5.74) is 1.11. The third-order valence-electron chi connectivity index (χ3n) is 4.66. The van der Waals surface area contributed by atoms with Gasteiger partial charge in [0.2, 0.25) is 0 Å². The topological polar surface area (TPSA) is 68.2 Å². The first kappa shape index (κ1) is 16.9. The fraction of sp³-hybridized carbons (Fsp3) is 0.667. The van der Waals surface area contributed by atoms with E-state index in [1.54, 1.807) is 0 Å². The van der Waals surface area contributed by atoms with E-state index in [9.17, 15) is 5.11 Å². The Kier molecular flexibility index (Phi) is 5.34. The van der Waals surface area contributed by atoms with Crippen molar-refractivity contribution in [2.75, 3.05) is 6.61 Å². The summed E-state index contributed by atoms with van der Waals surface area (Å²) in [5.74, 6) is -0.583. The Morgan fingerprint density at radius 2 is 2.09 bits per heavy atom. The molecule has 0 bridgehead atoms. The molecule has 1 spiro atoms. The van der Waals surface area contributed by atoms with Gasteiger partial charge in [0.25, 0.3) is 0 Å². The molecule has 2 aliphatic rings. The standard InChI is InChI=1S/C18H26O5/c1-13-7-8-18(22-13)10-17(16(23-18)9-15(20)11-19)21-12-14-5-3-2-4-6-14/h2-6,13,15-17,19-20H,7-12H2,1H3/t13-,15-,16+,17+,18?/m1/s1. The van der Waals surface area contributed by atoms with Crippen LogP contribution in [0.3, 0.4) is 0 Å². The Labute approximate surface area is 137 Å². The molecule has 0 aromatic heterocycles. The number of hydrogen-bond acceptors (Lipinski definition) is 5. The van der Waals surface area contributed by atoms with E-state index in [0.717, 1.165) is 18.4 Å². The van der Waals surface area contributed by atoms with Crippen LogP contribution in [-0.4, -0.2) is 47.0 Å². The van der Waals surface area contributed by atoms with E-state index in [-0.39, 0.29) is 24.9 Å². The zero-order valence-electron chi connectivity index (χ0n) is 13.6. The summed E-state index contributed by atoms with van der Waals surface area (Å²) < 4.78 is 18.2. The smallest absolute Gasteiger partial charge is 0.171 e. The molecule has 0 amide bonds. The molecule has 5 heteroatoms. The van der Waals surface area contributed by atoms with Gasteiger partial charge in [-0.1, -0.05) is 30.3 Å². The van der Waals surface area contributed by atoms with Crippen LogP contribution in [0.25, 0.3) is 0 Å². The second-order valence-electron chi connectivity index (χ2n) is 6.65. The Balaban J connectivity index is 1.64. The maximum Gasteiger partial charge on any atom is 0.171 e. The molecule has 1 aromatic rings. The Morgan fingerprint density at radius 3 is 2.74 bits per heavy atom. The average molecular weight is 322 g/mol. The molecule has 2 aliphatic heterocycles. The van der Waals surface area contributed by atoms with Crippen LogP contribution in [0.5, 0.6) is 0 Å². The van der Waals surface area contributed by atoms with Crippen molar-refractivity contribution >= 4 is 0 Å². The van der Waals surface area contributed by atoms with E-state index >= 15 is 0 Å². The van der Waals surface area contributed by atoms with Crippen LogP contribution in [0.2, 0.25) is 0 Å². The minimum absolute atomic E-state index is 0.137. The van der Waals surface area contributed by atoms with Crippen LogP contribution in [0.1, 0.15) is 38.2 Å². The van der Waals surface area contributed by atoms with Gasteiger partial charge in [0.15, 0.2) is 5.79 Å². The van der Waals surface area contributed by atoms with Crippen LogP contribution in [0.4, 0.5) is 0 Å². The first-order valence-corrected chi connectivity index (χ1v) is 8.40. The van der Waals surface area contributed by atoms with Crippen molar-refractivity contribution < 1.29 is 24.4 Å². The fourth-order valence-corrected chi connectivity index (χ4v) is 3.47. The molecule has 23 heavy (non-hydrogen) atoms. The summed E-state index contributed by atoms with van der Waals surface area (Å²) in [7, 11) is 0. The van der Waals surface area contributed by atoms with Crippen LogP contribution in [0, 0.1) is 0 Å². The van der Waals surface area contributed by atoms with Crippen molar-refractivity contribution in [1.29, 1.82) is 0 Å². The summed E-state index contributed by atoms with van der Waals surface area (Å²) >= 11 is 0. The zero-order valence-corrected chi connectivity index (χ0v) is 13.6. The molecular weight excluding hydrogens is 296 g/mol. The van der Waals surface area contributed by atoms with Gasteiger partial charge in [-0.25, -0.2) is 0 Å². The van der Waals surface area contributed by atoms with Gasteiger partial charge in [-0.05, 0) is 18.9 Å². The molecule has 1 aromatic carbocycles. The minimum Gasteiger partial charge on any atom is -0.394 e. The monoisotopic (exact) mass is 322 g/mol. The van der Waals surface area contributed by atoms with E-state index in [1.807, 2.05) is 37.3 Å². The van der Waals surface area contributed by atoms with Gasteiger partial charge >= 0.3 is 0 Å². The number of rotatable bonds is 6. The third-order valence-corrected chi connectivity index (χ3v) is 4.66. The summed E-state index contributed by atoms with van der Waals surface area (Å²) in [6, 6.07) is 10.0. The molecule has 0 aliphatic carbocycles. The van der Waals surface area contributed by atoms with E-state index in [1.165, 1.54) is 0 Å². The lowest BCUT2D eigenvalue weighted by Crippen LogP contribution is -2.31. The maximum atomic E-state index is 9.78. The van der Waals surface area contributed by atoms with Crippen LogP contribution in [-0.2, 0) is 20.8 Å². The fourth-order valence-electron chi connectivity index (χ4n) is 3.47. The second-order valence-corrected chi connectivity index (χ2v) is 6.65. The Bertz CT molecular complexity index is 493. The molecule has 0 saturated carbocycles. The number of hydrogen-bond donors (Lipinski definition) is 2. The van der Waals surface area contributed by atoms with Crippen LogP contribution >= 0.6 is 0 Å². The molecule has 2 saturated heterocycles. The number of ether oxygens (including phenoxy) is 3. The number of aliphatic hydroxyl groups is 2. The van der Waals surface area contributed by atoms with E-state index in [4.69, 9.17) is 19.3 Å². The molecule has 2 fully saturated rings. The molecule has 2 N–H and O–H groups in total. The van der Waals surface area contributed by atoms with Crippen molar-refractivity contribution in [1.82, 2.24) is 0 Å². The predicted molar refractivity (Wildman–Crippen MR) is 84.7 cm³/mol. The van der Waals surface area contributed by atoms with Gasteiger partial charge in [-0.3, -0.25) is 0 Å². The van der Waals surface area contributed by atoms with Gasteiger partial charge in [-0.2, -0.15) is 0 Å². The summed E-state index contributed by atoms with van der Waals surface area (Å²) in [5, 5.41) is 18.9. The normalized spacial score (nSPS) is 35.0. The molecule has 0 radical (unpaired) electrons. The van der Waals surface area contributed by atoms with Crippen LogP contribution < -0.4 is 0 Å². The highest BCUT2D eigenvalue weighted by Gasteiger charge is 2.51. The molecule has 1 unspecified atom stereocenters. The highest BCUT2D eigenvalue weighted by Crippen LogP contribution is 2.44. The van der Waals surface area contributed by atoms with Gasteiger partial charge in [0.1, 0.15) is 0 Å². The van der Waals surface area contributed by atoms with Crippen molar-refractivity contribution in [2.24, 2.45) is 0 Å². The minimum atomic E-state index is -0.795. The molecule has 5 atom stereocenters. The molecular formula is C18H26O5. The quantitative estimate of drug-likeness (QED) is 0.838. The molecule has 5 nitrogen and oxygen atoms in total. The summed E-state index contributed by atoms with van der Waals surface area (Å²) in [6.07, 6.45) is 1.85. The maximum absolute atomic E-state index is 9.78. The highest BCUT2D eigenvalue weighted by atomic mass is 16.7. The first-order valence-electron chi connectivity index (χ1n) is 8.40. The van der Waals surface area contributed by atoms with Gasteiger partial charge in [0.05, 0.1) is 37.6 Å². The molecule has 2 heterocycles. The summed E-state index contributed by atoms with van der Waals surface area (Å²) in [6.45, 7) is 2.29. The number of aliphatic hydroxyl groups excluding tert-OH is 2. The average Bonchev–Trinajstić information content (AvgIpc) is 3.08. The first-order chi connectivity index (χ1) is 11.1. The highest BCUT2D eigenvalue weighted by molar-refractivity contribution is 5.13. The zero-order chi connectivity index (χ0) is 16.3. The SMILES string of the molecule is C[C@@H]1CCC2(C[C@H](OCc3ccccc3)[C@H](C[C@@H](O)CO)O2)O1. The van der Waals surface area contributed by atoms with Gasteiger partial charge < -0.3 is 24.4 Å². The van der Waals surface area contributed by atoms with Crippen LogP contribution in [0.15, 0.2) is 30.3 Å². The van der Waals surface area contributed by atoms with Gasteiger partial charge in [-0.15, -0.1) is 0 Å². The van der Waals surface area contributed by atoms with E-state index in [2.05, 4.69) is 0 Å². The Hall–Kier alpha value is -0.980. The van der Waals surface area contributed by atoms with Crippen molar-refractivity contribution in [3.63, 3.8) is 0 Å². The number of benzene rings is 1. The van der Waals surface area contributed by atoms with Crippen molar-refractivity contribution in [2.45, 2.75) is 69.4 Å². The lowest BCUT2D eigenvalue weighted by atomic mass is 10.0. The predicted octanol–water partition coefficient (Wildman–Crippen LogP) is 2.00. The largest absolute Gasteiger partial charge is 0.394 e. The summed E-state index contributed by atoms with van der Waals surface area (Å²) in [4.78, 5) is 0. The van der Waals surface area contributed by atoms with E-state index in [0.29, 0.717) is 19.4 Å². The lowest BCUT2D eigenvalue weighted by molar-refractivity contribution is -0.217. The Morgan fingerprint density at radius 1 is 1.30 bits per heavy atom. The third kappa shape index (κ3) is 4.11.